The number of amides is 1. The molecule has 2 heterocycles. The van der Waals surface area contributed by atoms with Gasteiger partial charge in [-0.05, 0) is 19.9 Å². The third-order valence-electron chi connectivity index (χ3n) is 4.13. The number of nitrogens with zero attached hydrogens (tertiary/aromatic N) is 5. The summed E-state index contributed by atoms with van der Waals surface area (Å²) >= 11 is 0. The van der Waals surface area contributed by atoms with Crippen LogP contribution in [0.2, 0.25) is 0 Å². The summed E-state index contributed by atoms with van der Waals surface area (Å²) in [5.74, 6) is -12.4. The number of nitro groups is 1. The number of hydrogen-bond donors (Lipinski definition) is 1. The lowest BCUT2D eigenvalue weighted by atomic mass is 10.2. The third kappa shape index (κ3) is 3.46. The predicted octanol–water partition coefficient (Wildman–Crippen LogP) is 3.06. The van der Waals surface area contributed by atoms with E-state index in [9.17, 15) is 36.9 Å². The molecule has 2 aromatic heterocycles. The Morgan fingerprint density at radius 1 is 1.07 bits per heavy atom. The Bertz CT molecular complexity index is 1160. The van der Waals surface area contributed by atoms with Crippen LogP contribution < -0.4 is 5.32 Å². The summed E-state index contributed by atoms with van der Waals surface area (Å²) in [6.07, 6.45) is 1.26. The molecule has 1 amide bonds. The van der Waals surface area contributed by atoms with Gasteiger partial charge in [-0.1, -0.05) is 0 Å². The van der Waals surface area contributed by atoms with E-state index in [1.807, 2.05) is 0 Å². The van der Waals surface area contributed by atoms with Gasteiger partial charge in [0.2, 0.25) is 5.82 Å². The number of anilines is 1. The Morgan fingerprint density at radius 2 is 1.63 bits per heavy atom. The summed E-state index contributed by atoms with van der Waals surface area (Å²) in [5.41, 5.74) is -1.73. The minimum absolute atomic E-state index is 0.143. The molecule has 0 radical (unpaired) electrons. The van der Waals surface area contributed by atoms with E-state index < -0.39 is 51.3 Å². The summed E-state index contributed by atoms with van der Waals surface area (Å²) in [7, 11) is 0. The van der Waals surface area contributed by atoms with Crippen molar-refractivity contribution < 1.29 is 31.7 Å². The lowest BCUT2D eigenvalue weighted by molar-refractivity contribution is -0.386. The second kappa shape index (κ2) is 7.53. The molecule has 0 saturated carbocycles. The Morgan fingerprint density at radius 3 is 2.17 bits per heavy atom. The van der Waals surface area contributed by atoms with E-state index >= 15 is 0 Å². The van der Waals surface area contributed by atoms with Gasteiger partial charge >= 0.3 is 5.69 Å². The molecule has 3 aromatic rings. The molecule has 158 valence electrons. The van der Waals surface area contributed by atoms with Crippen LogP contribution in [0.5, 0.6) is 0 Å². The van der Waals surface area contributed by atoms with Crippen LogP contribution in [0.15, 0.2) is 12.3 Å². The molecule has 0 fully saturated rings. The van der Waals surface area contributed by atoms with Gasteiger partial charge in [0.15, 0.2) is 29.0 Å². The summed E-state index contributed by atoms with van der Waals surface area (Å²) in [6.45, 7) is 2.75. The zero-order valence-corrected chi connectivity index (χ0v) is 15.2. The molecule has 0 aliphatic heterocycles. The normalized spacial score (nSPS) is 11.0. The molecule has 0 atom stereocenters. The van der Waals surface area contributed by atoms with Crippen molar-refractivity contribution in [2.45, 2.75) is 20.5 Å². The number of aryl methyl sites for hydroxylation is 1. The van der Waals surface area contributed by atoms with Crippen LogP contribution in [-0.2, 0) is 6.67 Å². The number of rotatable bonds is 5. The first-order chi connectivity index (χ1) is 14.0. The van der Waals surface area contributed by atoms with Gasteiger partial charge in [-0.15, -0.1) is 0 Å². The van der Waals surface area contributed by atoms with E-state index in [0.717, 1.165) is 10.7 Å². The molecule has 0 spiro atoms. The highest BCUT2D eigenvalue weighted by atomic mass is 19.2. The van der Waals surface area contributed by atoms with Crippen molar-refractivity contribution in [3.8, 4) is 0 Å². The van der Waals surface area contributed by atoms with E-state index in [1.165, 1.54) is 24.7 Å². The van der Waals surface area contributed by atoms with Crippen molar-refractivity contribution in [2.75, 3.05) is 5.32 Å². The number of halogens is 5. The fourth-order valence-corrected chi connectivity index (χ4v) is 2.68. The quantitative estimate of drug-likeness (QED) is 0.220. The minimum Gasteiger partial charge on any atom is -0.315 e. The first kappa shape index (κ1) is 20.9. The van der Waals surface area contributed by atoms with Crippen molar-refractivity contribution in [2.24, 2.45) is 0 Å². The molecule has 0 unspecified atom stereocenters. The fourth-order valence-electron chi connectivity index (χ4n) is 2.68. The third-order valence-corrected chi connectivity index (χ3v) is 4.13. The van der Waals surface area contributed by atoms with E-state index in [0.29, 0.717) is 0 Å². The fraction of sp³-hybridized carbons (Fsp3) is 0.188. The number of carbonyl (C=O) groups is 1. The molecule has 1 N–H and O–H groups in total. The molecule has 1 aromatic carbocycles. The molecule has 30 heavy (non-hydrogen) atoms. The highest BCUT2D eigenvalue weighted by Crippen LogP contribution is 2.27. The minimum atomic E-state index is -2.36. The van der Waals surface area contributed by atoms with Gasteiger partial charge in [0.25, 0.3) is 5.91 Å². The largest absolute Gasteiger partial charge is 0.315 e. The van der Waals surface area contributed by atoms with Crippen molar-refractivity contribution in [1.82, 2.24) is 19.6 Å². The van der Waals surface area contributed by atoms with Gasteiger partial charge in [-0.3, -0.25) is 19.6 Å². The number of hydrogen-bond acceptors (Lipinski definition) is 5. The van der Waals surface area contributed by atoms with E-state index in [1.54, 1.807) is 5.32 Å². The van der Waals surface area contributed by atoms with E-state index in [-0.39, 0.29) is 23.7 Å². The lowest BCUT2D eigenvalue weighted by Crippen LogP contribution is -2.18. The number of aromatic nitrogens is 4. The SMILES string of the molecule is Cc1nn(Cn2ccc(C(=O)Nc3c(F)c(F)c(F)c(F)c3F)n2)c(C)c1[N+](=O)[O-]. The van der Waals surface area contributed by atoms with Gasteiger partial charge in [-0.25, -0.2) is 26.6 Å². The zero-order valence-electron chi connectivity index (χ0n) is 15.2. The Kier molecular flexibility index (Phi) is 5.24. The summed E-state index contributed by atoms with van der Waals surface area (Å²) in [5, 5.41) is 20.4. The predicted molar refractivity (Wildman–Crippen MR) is 90.2 cm³/mol. The van der Waals surface area contributed by atoms with Gasteiger partial charge in [0.1, 0.15) is 23.7 Å². The van der Waals surface area contributed by atoms with Crippen LogP contribution in [0.3, 0.4) is 0 Å². The van der Waals surface area contributed by atoms with Crippen molar-refractivity contribution in [1.29, 1.82) is 0 Å². The average Bonchev–Trinajstić information content (AvgIpc) is 3.26. The summed E-state index contributed by atoms with van der Waals surface area (Å²) in [4.78, 5) is 22.6. The summed E-state index contributed by atoms with van der Waals surface area (Å²) < 4.78 is 69.3. The van der Waals surface area contributed by atoms with Crippen LogP contribution in [0.4, 0.5) is 33.3 Å². The molecule has 14 heteroatoms. The van der Waals surface area contributed by atoms with Crippen LogP contribution in [0.25, 0.3) is 0 Å². The van der Waals surface area contributed by atoms with Crippen LogP contribution >= 0.6 is 0 Å². The molecular formula is C16H11F5N6O3. The molecule has 0 aliphatic carbocycles. The van der Waals surface area contributed by atoms with Crippen molar-refractivity contribution >= 4 is 17.3 Å². The zero-order chi connectivity index (χ0) is 22.3. The van der Waals surface area contributed by atoms with Gasteiger partial charge in [-0.2, -0.15) is 10.2 Å². The molecule has 3 rings (SSSR count). The second-order valence-corrected chi connectivity index (χ2v) is 6.06. The maximum atomic E-state index is 13.7. The smallest absolute Gasteiger partial charge is 0.312 e. The monoisotopic (exact) mass is 430 g/mol. The Hall–Kier alpha value is -3.84. The van der Waals surface area contributed by atoms with Gasteiger partial charge in [0.05, 0.1) is 4.92 Å². The van der Waals surface area contributed by atoms with Crippen LogP contribution in [0.1, 0.15) is 21.9 Å². The second-order valence-electron chi connectivity index (χ2n) is 6.06. The molecule has 0 saturated heterocycles. The van der Waals surface area contributed by atoms with Crippen LogP contribution in [-0.4, -0.2) is 30.4 Å². The van der Waals surface area contributed by atoms with Crippen molar-refractivity contribution in [3.63, 3.8) is 0 Å². The molecular weight excluding hydrogens is 419 g/mol. The standard InChI is InChI=1S/C16H11F5N6O3/c1-6-15(27(29)30)7(2)26(23-6)5-25-4-3-8(24-25)16(28)22-14-12(20)10(18)9(17)11(19)13(14)21/h3-4H,5H2,1-2H3,(H,22,28). The van der Waals surface area contributed by atoms with E-state index in [4.69, 9.17) is 0 Å². The molecule has 9 nitrogen and oxygen atoms in total. The first-order valence-electron chi connectivity index (χ1n) is 8.07. The highest BCUT2D eigenvalue weighted by Gasteiger charge is 2.27. The first-order valence-corrected chi connectivity index (χ1v) is 8.07. The Labute approximate surface area is 163 Å². The number of carbonyl (C=O) groups excluding carboxylic acids is 1. The Balaban J connectivity index is 1.83. The maximum absolute atomic E-state index is 13.7. The number of nitrogens with one attached hydrogen (secondary N) is 1. The highest BCUT2D eigenvalue weighted by molar-refractivity contribution is 6.02. The summed E-state index contributed by atoms with van der Waals surface area (Å²) in [6, 6.07) is 1.11. The van der Waals surface area contributed by atoms with Crippen molar-refractivity contribution in [3.05, 3.63) is 68.5 Å². The molecule has 0 aliphatic rings. The van der Waals surface area contributed by atoms with E-state index in [2.05, 4.69) is 10.2 Å². The van der Waals surface area contributed by atoms with Gasteiger partial charge in [0, 0.05) is 6.20 Å². The van der Waals surface area contributed by atoms with Crippen LogP contribution in [0, 0.1) is 53.0 Å². The maximum Gasteiger partial charge on any atom is 0.312 e. The van der Waals surface area contributed by atoms with Gasteiger partial charge < -0.3 is 5.32 Å². The average molecular weight is 430 g/mol. The topological polar surface area (TPSA) is 108 Å². The molecule has 0 bridgehead atoms. The number of benzene rings is 1. The lowest BCUT2D eigenvalue weighted by Gasteiger charge is -2.09.